The molecule has 2 rings (SSSR count). The Kier molecular flexibility index (Phi) is 7.17. The molecule has 0 amide bonds. The molecule has 0 radical (unpaired) electrons. The number of halogens is 2. The van der Waals surface area contributed by atoms with Gasteiger partial charge in [-0.15, -0.1) is 0 Å². The molecule has 0 N–H and O–H groups in total. The summed E-state index contributed by atoms with van der Waals surface area (Å²) in [5, 5.41) is 0.448. The maximum atomic E-state index is 13.0. The Morgan fingerprint density at radius 3 is 2.38 bits per heavy atom. The summed E-state index contributed by atoms with van der Waals surface area (Å²) in [6, 6.07) is 9.74. The molecule has 0 saturated carbocycles. The molecule has 8 heteroatoms. The van der Waals surface area contributed by atoms with Crippen LogP contribution >= 0.6 is 23.2 Å². The van der Waals surface area contributed by atoms with Gasteiger partial charge in [-0.1, -0.05) is 36.2 Å². The van der Waals surface area contributed by atoms with Gasteiger partial charge in [-0.05, 0) is 42.8 Å². The fourth-order valence-corrected chi connectivity index (χ4v) is 4.64. The van der Waals surface area contributed by atoms with Gasteiger partial charge >= 0.3 is 0 Å². The molecule has 0 atom stereocenters. The molecule has 0 fully saturated rings. The minimum absolute atomic E-state index is 0.00795. The lowest BCUT2D eigenvalue weighted by atomic mass is 10.2. The van der Waals surface area contributed by atoms with Gasteiger partial charge in [0.05, 0.1) is 18.7 Å². The predicted octanol–water partition coefficient (Wildman–Crippen LogP) is 4.61. The minimum Gasteiger partial charge on any atom is -0.493 e. The van der Waals surface area contributed by atoms with Crippen molar-refractivity contribution < 1.29 is 17.9 Å². The number of rotatable bonds is 8. The third-order valence-electron chi connectivity index (χ3n) is 3.75. The van der Waals surface area contributed by atoms with Crippen molar-refractivity contribution in [3.8, 4) is 11.5 Å². The average Bonchev–Trinajstić information content (AvgIpc) is 2.62. The lowest BCUT2D eigenvalue weighted by Crippen LogP contribution is -2.30. The van der Waals surface area contributed by atoms with Crippen LogP contribution in [0.25, 0.3) is 0 Å². The molecule has 0 heterocycles. The van der Waals surface area contributed by atoms with Crippen LogP contribution in [0.3, 0.4) is 0 Å². The Bertz CT molecular complexity index is 871. The molecule has 142 valence electrons. The second-order valence-corrected chi connectivity index (χ2v) is 8.17. The van der Waals surface area contributed by atoms with Crippen LogP contribution in [0.5, 0.6) is 11.5 Å². The average molecular weight is 418 g/mol. The van der Waals surface area contributed by atoms with Gasteiger partial charge in [0, 0.05) is 18.1 Å². The van der Waals surface area contributed by atoms with Crippen molar-refractivity contribution in [1.82, 2.24) is 4.31 Å². The van der Waals surface area contributed by atoms with Gasteiger partial charge < -0.3 is 9.47 Å². The maximum Gasteiger partial charge on any atom is 0.244 e. The molecule has 2 aromatic rings. The molecule has 0 aliphatic heterocycles. The summed E-state index contributed by atoms with van der Waals surface area (Å²) in [5.41, 5.74) is 0.772. The smallest absolute Gasteiger partial charge is 0.244 e. The second-order valence-electron chi connectivity index (χ2n) is 5.42. The van der Waals surface area contributed by atoms with E-state index in [-0.39, 0.29) is 23.0 Å². The number of sulfonamides is 1. The van der Waals surface area contributed by atoms with Gasteiger partial charge in [-0.2, -0.15) is 4.31 Å². The van der Waals surface area contributed by atoms with Crippen molar-refractivity contribution in [3.05, 3.63) is 52.0 Å². The van der Waals surface area contributed by atoms with Crippen molar-refractivity contribution in [2.75, 3.05) is 20.3 Å². The van der Waals surface area contributed by atoms with Crippen LogP contribution in [0.1, 0.15) is 19.4 Å². The highest BCUT2D eigenvalue weighted by molar-refractivity contribution is 7.89. The number of ether oxygens (including phenoxy) is 2. The summed E-state index contributed by atoms with van der Waals surface area (Å²) < 4.78 is 38.1. The topological polar surface area (TPSA) is 55.8 Å². The molecular formula is C18H21Cl2NO4S. The summed E-state index contributed by atoms with van der Waals surface area (Å²) in [4.78, 5) is -0.00795. The van der Waals surface area contributed by atoms with Gasteiger partial charge in [0.25, 0.3) is 0 Å². The van der Waals surface area contributed by atoms with Crippen molar-refractivity contribution >= 4 is 33.2 Å². The SMILES string of the molecule is CCOc1ccc(CN(CC)S(=O)(=O)c2cc(Cl)ccc2Cl)cc1OC. The van der Waals surface area contributed by atoms with Gasteiger partial charge in [-0.3, -0.25) is 0 Å². The van der Waals surface area contributed by atoms with Crippen LogP contribution in [-0.4, -0.2) is 33.0 Å². The zero-order chi connectivity index (χ0) is 19.3. The number of hydrogen-bond acceptors (Lipinski definition) is 4. The molecule has 0 aliphatic carbocycles. The van der Waals surface area contributed by atoms with Crippen LogP contribution in [-0.2, 0) is 16.6 Å². The Morgan fingerprint density at radius 2 is 1.77 bits per heavy atom. The van der Waals surface area contributed by atoms with Crippen molar-refractivity contribution in [2.45, 2.75) is 25.3 Å². The van der Waals surface area contributed by atoms with E-state index in [1.807, 2.05) is 13.0 Å². The Balaban J connectivity index is 2.35. The van der Waals surface area contributed by atoms with E-state index in [4.69, 9.17) is 32.7 Å². The summed E-state index contributed by atoms with van der Waals surface area (Å²) in [7, 11) is -2.25. The lowest BCUT2D eigenvalue weighted by molar-refractivity contribution is 0.310. The molecule has 26 heavy (non-hydrogen) atoms. The number of methoxy groups -OCH3 is 1. The third-order valence-corrected chi connectivity index (χ3v) is 6.39. The highest BCUT2D eigenvalue weighted by Crippen LogP contribution is 2.31. The van der Waals surface area contributed by atoms with Gasteiger partial charge in [0.15, 0.2) is 11.5 Å². The fourth-order valence-electron chi connectivity index (χ4n) is 2.47. The first-order chi connectivity index (χ1) is 12.3. The Hall–Kier alpha value is -1.47. The number of nitrogens with zero attached hydrogens (tertiary/aromatic N) is 1. The highest BCUT2D eigenvalue weighted by atomic mass is 35.5. The monoisotopic (exact) mass is 417 g/mol. The molecule has 0 aliphatic rings. The number of hydrogen-bond donors (Lipinski definition) is 0. The highest BCUT2D eigenvalue weighted by Gasteiger charge is 2.26. The minimum atomic E-state index is -3.80. The van der Waals surface area contributed by atoms with E-state index in [0.29, 0.717) is 23.1 Å². The molecule has 0 spiro atoms. The maximum absolute atomic E-state index is 13.0. The second kappa shape index (κ2) is 8.95. The van der Waals surface area contributed by atoms with E-state index in [2.05, 4.69) is 0 Å². The van der Waals surface area contributed by atoms with E-state index in [1.54, 1.807) is 32.2 Å². The van der Waals surface area contributed by atoms with Gasteiger partial charge in [0.2, 0.25) is 10.0 Å². The van der Waals surface area contributed by atoms with E-state index < -0.39 is 10.0 Å². The molecule has 0 unspecified atom stereocenters. The summed E-state index contributed by atoms with van der Waals surface area (Å²) >= 11 is 12.0. The first-order valence-corrected chi connectivity index (χ1v) is 10.3. The first-order valence-electron chi connectivity index (χ1n) is 8.08. The van der Waals surface area contributed by atoms with Crippen molar-refractivity contribution in [3.63, 3.8) is 0 Å². The zero-order valence-corrected chi connectivity index (χ0v) is 17.2. The molecule has 0 bridgehead atoms. The predicted molar refractivity (Wildman–Crippen MR) is 104 cm³/mol. The molecule has 0 aromatic heterocycles. The van der Waals surface area contributed by atoms with E-state index in [1.165, 1.54) is 16.4 Å². The largest absolute Gasteiger partial charge is 0.493 e. The van der Waals surface area contributed by atoms with E-state index >= 15 is 0 Å². The molecule has 2 aromatic carbocycles. The fraction of sp³-hybridized carbons (Fsp3) is 0.333. The van der Waals surface area contributed by atoms with E-state index in [9.17, 15) is 8.42 Å². The van der Waals surface area contributed by atoms with Crippen molar-refractivity contribution in [2.24, 2.45) is 0 Å². The van der Waals surface area contributed by atoms with Crippen LogP contribution in [0, 0.1) is 0 Å². The van der Waals surface area contributed by atoms with Crippen LogP contribution < -0.4 is 9.47 Å². The van der Waals surface area contributed by atoms with Crippen molar-refractivity contribution in [1.29, 1.82) is 0 Å². The standard InChI is InChI=1S/C18H21Cl2NO4S/c1-4-21(26(22,23)18-11-14(19)7-8-15(18)20)12-13-6-9-16(25-5-2)17(10-13)24-3/h6-11H,4-5,12H2,1-3H3. The third kappa shape index (κ3) is 4.62. The van der Waals surface area contributed by atoms with Crippen LogP contribution in [0.4, 0.5) is 0 Å². The van der Waals surface area contributed by atoms with E-state index in [0.717, 1.165) is 5.56 Å². The molecule has 0 saturated heterocycles. The number of benzene rings is 2. The lowest BCUT2D eigenvalue weighted by Gasteiger charge is -2.22. The Labute approximate surface area is 164 Å². The van der Waals surface area contributed by atoms with Crippen LogP contribution in [0.15, 0.2) is 41.3 Å². The van der Waals surface area contributed by atoms with Gasteiger partial charge in [-0.25, -0.2) is 8.42 Å². The summed E-state index contributed by atoms with van der Waals surface area (Å²) in [6.07, 6.45) is 0. The quantitative estimate of drug-likeness (QED) is 0.628. The van der Waals surface area contributed by atoms with Crippen LogP contribution in [0.2, 0.25) is 10.0 Å². The summed E-state index contributed by atoms with van der Waals surface area (Å²) in [5.74, 6) is 1.17. The summed E-state index contributed by atoms with van der Waals surface area (Å²) in [6.45, 7) is 4.61. The first kappa shape index (κ1) is 20.8. The molecule has 5 nitrogen and oxygen atoms in total. The molecular weight excluding hydrogens is 397 g/mol. The normalized spacial score (nSPS) is 11.6. The van der Waals surface area contributed by atoms with Gasteiger partial charge in [0.1, 0.15) is 4.90 Å². The Morgan fingerprint density at radius 1 is 1.04 bits per heavy atom. The zero-order valence-electron chi connectivity index (χ0n) is 14.8.